The molecule has 2 aliphatic rings. The average Bonchev–Trinajstić information content (AvgIpc) is 2.66. The topological polar surface area (TPSA) is 32.3 Å². The molecule has 0 aromatic heterocycles. The van der Waals surface area contributed by atoms with Gasteiger partial charge >= 0.3 is 0 Å². The van der Waals surface area contributed by atoms with Gasteiger partial charge in [0.2, 0.25) is 5.91 Å². The number of amides is 1. The Balaban J connectivity index is 1.76. The van der Waals surface area contributed by atoms with Crippen LogP contribution in [0.25, 0.3) is 0 Å². The molecule has 3 heteroatoms. The highest BCUT2D eigenvalue weighted by atomic mass is 16.2. The summed E-state index contributed by atoms with van der Waals surface area (Å²) in [5.41, 5.74) is 0. The molecule has 1 aliphatic heterocycles. The molecule has 86 valence electrons. The number of rotatable bonds is 2. The molecule has 1 heterocycles. The Morgan fingerprint density at radius 3 is 2.53 bits per heavy atom. The molecule has 1 saturated heterocycles. The summed E-state index contributed by atoms with van der Waals surface area (Å²) >= 11 is 0. The number of carbonyl (C=O) groups excluding carboxylic acids is 1. The molecule has 1 atom stereocenters. The van der Waals surface area contributed by atoms with Crippen molar-refractivity contribution >= 4 is 5.91 Å². The van der Waals surface area contributed by atoms with Gasteiger partial charge in [0, 0.05) is 12.6 Å². The maximum Gasteiger partial charge on any atom is 0.224 e. The molecule has 15 heavy (non-hydrogen) atoms. The van der Waals surface area contributed by atoms with Crippen LogP contribution in [-0.2, 0) is 4.79 Å². The van der Waals surface area contributed by atoms with Crippen molar-refractivity contribution in [2.24, 2.45) is 5.92 Å². The predicted octanol–water partition coefficient (Wildman–Crippen LogP) is 1.39. The van der Waals surface area contributed by atoms with Crippen molar-refractivity contribution in [1.82, 2.24) is 10.2 Å². The minimum Gasteiger partial charge on any atom is -0.353 e. The van der Waals surface area contributed by atoms with Crippen LogP contribution >= 0.6 is 0 Å². The normalized spacial score (nSPS) is 29.3. The molecule has 1 amide bonds. The quantitative estimate of drug-likeness (QED) is 0.747. The third-order valence-electron chi connectivity index (χ3n) is 3.71. The molecule has 0 aromatic rings. The van der Waals surface area contributed by atoms with Crippen LogP contribution in [0.2, 0.25) is 0 Å². The van der Waals surface area contributed by atoms with Crippen molar-refractivity contribution in [3.05, 3.63) is 0 Å². The second-order valence-electron chi connectivity index (χ2n) is 5.09. The highest BCUT2D eigenvalue weighted by molar-refractivity contribution is 5.79. The maximum absolute atomic E-state index is 11.9. The molecule has 1 saturated carbocycles. The van der Waals surface area contributed by atoms with Crippen molar-refractivity contribution in [3.63, 3.8) is 0 Å². The van der Waals surface area contributed by atoms with E-state index in [0.717, 1.165) is 19.5 Å². The fraction of sp³-hybridized carbons (Fsp3) is 0.917. The third kappa shape index (κ3) is 2.94. The predicted molar refractivity (Wildman–Crippen MR) is 60.6 cm³/mol. The smallest absolute Gasteiger partial charge is 0.224 e. The largest absolute Gasteiger partial charge is 0.353 e. The van der Waals surface area contributed by atoms with Gasteiger partial charge < -0.3 is 10.2 Å². The van der Waals surface area contributed by atoms with Gasteiger partial charge in [0.25, 0.3) is 0 Å². The van der Waals surface area contributed by atoms with E-state index < -0.39 is 0 Å². The SMILES string of the molecule is CN1CCC(C(=O)NC2CCCCC2)C1. The first-order chi connectivity index (χ1) is 7.25. The van der Waals surface area contributed by atoms with Gasteiger partial charge in [0.15, 0.2) is 0 Å². The Morgan fingerprint density at radius 1 is 1.20 bits per heavy atom. The molecule has 1 unspecified atom stereocenters. The number of carbonyl (C=O) groups is 1. The van der Waals surface area contributed by atoms with Gasteiger partial charge in [-0.25, -0.2) is 0 Å². The van der Waals surface area contributed by atoms with E-state index in [1.165, 1.54) is 32.1 Å². The van der Waals surface area contributed by atoms with Crippen molar-refractivity contribution in [2.45, 2.75) is 44.6 Å². The van der Waals surface area contributed by atoms with E-state index in [1.807, 2.05) is 0 Å². The number of nitrogens with zero attached hydrogens (tertiary/aromatic N) is 1. The van der Waals surface area contributed by atoms with Crippen LogP contribution in [0.1, 0.15) is 38.5 Å². The van der Waals surface area contributed by atoms with Crippen LogP contribution in [0.15, 0.2) is 0 Å². The van der Waals surface area contributed by atoms with Gasteiger partial charge in [-0.2, -0.15) is 0 Å². The maximum atomic E-state index is 11.9. The van der Waals surface area contributed by atoms with Crippen LogP contribution < -0.4 is 5.32 Å². The number of hydrogen-bond donors (Lipinski definition) is 1. The van der Waals surface area contributed by atoms with E-state index in [-0.39, 0.29) is 5.92 Å². The summed E-state index contributed by atoms with van der Waals surface area (Å²) in [5.74, 6) is 0.545. The van der Waals surface area contributed by atoms with Crippen LogP contribution in [0.4, 0.5) is 0 Å². The molecular formula is C12H22N2O. The lowest BCUT2D eigenvalue weighted by Gasteiger charge is -2.24. The number of likely N-dealkylation sites (tertiary alicyclic amines) is 1. The fourth-order valence-electron chi connectivity index (χ4n) is 2.71. The average molecular weight is 210 g/mol. The molecule has 2 rings (SSSR count). The summed E-state index contributed by atoms with van der Waals surface area (Å²) in [5, 5.41) is 3.22. The molecule has 0 spiro atoms. The van der Waals surface area contributed by atoms with E-state index in [4.69, 9.17) is 0 Å². The lowest BCUT2D eigenvalue weighted by molar-refractivity contribution is -0.125. The fourth-order valence-corrected chi connectivity index (χ4v) is 2.71. The van der Waals surface area contributed by atoms with Gasteiger partial charge in [-0.3, -0.25) is 4.79 Å². The summed E-state index contributed by atoms with van der Waals surface area (Å²) in [6, 6.07) is 0.470. The minimum absolute atomic E-state index is 0.247. The Kier molecular flexibility index (Phi) is 3.62. The van der Waals surface area contributed by atoms with E-state index in [0.29, 0.717) is 11.9 Å². The van der Waals surface area contributed by atoms with Crippen molar-refractivity contribution < 1.29 is 4.79 Å². The first-order valence-corrected chi connectivity index (χ1v) is 6.24. The molecule has 0 bridgehead atoms. The monoisotopic (exact) mass is 210 g/mol. The molecular weight excluding hydrogens is 188 g/mol. The van der Waals surface area contributed by atoms with E-state index in [9.17, 15) is 4.79 Å². The van der Waals surface area contributed by atoms with Crippen molar-refractivity contribution in [1.29, 1.82) is 0 Å². The minimum atomic E-state index is 0.247. The number of nitrogens with one attached hydrogen (secondary N) is 1. The summed E-state index contributed by atoms with van der Waals surface area (Å²) in [6.07, 6.45) is 7.33. The van der Waals surface area contributed by atoms with E-state index >= 15 is 0 Å². The molecule has 3 nitrogen and oxygen atoms in total. The second kappa shape index (κ2) is 4.97. The highest BCUT2D eigenvalue weighted by Crippen LogP contribution is 2.19. The van der Waals surface area contributed by atoms with Gasteiger partial charge in [-0.1, -0.05) is 19.3 Å². The Labute approximate surface area is 92.2 Å². The standard InChI is InChI=1S/C12H22N2O/c1-14-8-7-10(9-14)12(15)13-11-5-3-2-4-6-11/h10-11H,2-9H2,1H3,(H,13,15). The summed E-state index contributed by atoms with van der Waals surface area (Å²) in [4.78, 5) is 14.2. The van der Waals surface area contributed by atoms with Crippen LogP contribution in [-0.4, -0.2) is 37.0 Å². The van der Waals surface area contributed by atoms with Crippen LogP contribution in [0.3, 0.4) is 0 Å². The highest BCUT2D eigenvalue weighted by Gasteiger charge is 2.27. The van der Waals surface area contributed by atoms with E-state index in [1.54, 1.807) is 0 Å². The number of hydrogen-bond acceptors (Lipinski definition) is 2. The third-order valence-corrected chi connectivity index (χ3v) is 3.71. The summed E-state index contributed by atoms with van der Waals surface area (Å²) in [6.45, 7) is 2.02. The van der Waals surface area contributed by atoms with Gasteiger partial charge in [0.1, 0.15) is 0 Å². The Morgan fingerprint density at radius 2 is 1.93 bits per heavy atom. The first kappa shape index (κ1) is 10.9. The Bertz CT molecular complexity index is 224. The molecule has 1 N–H and O–H groups in total. The lowest BCUT2D eigenvalue weighted by Crippen LogP contribution is -2.40. The molecule has 1 aliphatic carbocycles. The van der Waals surface area contributed by atoms with Gasteiger partial charge in [-0.05, 0) is 32.9 Å². The zero-order valence-corrected chi connectivity index (χ0v) is 9.67. The first-order valence-electron chi connectivity index (χ1n) is 6.24. The Hall–Kier alpha value is -0.570. The van der Waals surface area contributed by atoms with E-state index in [2.05, 4.69) is 17.3 Å². The van der Waals surface area contributed by atoms with Gasteiger partial charge in [-0.15, -0.1) is 0 Å². The van der Waals surface area contributed by atoms with Crippen molar-refractivity contribution in [3.8, 4) is 0 Å². The van der Waals surface area contributed by atoms with Crippen LogP contribution in [0, 0.1) is 5.92 Å². The summed E-state index contributed by atoms with van der Waals surface area (Å²) in [7, 11) is 2.09. The molecule has 0 radical (unpaired) electrons. The lowest BCUT2D eigenvalue weighted by atomic mass is 9.95. The zero-order chi connectivity index (χ0) is 10.7. The second-order valence-corrected chi connectivity index (χ2v) is 5.09. The van der Waals surface area contributed by atoms with Crippen molar-refractivity contribution in [2.75, 3.05) is 20.1 Å². The molecule has 0 aromatic carbocycles. The van der Waals surface area contributed by atoms with Gasteiger partial charge in [0.05, 0.1) is 5.92 Å². The molecule has 2 fully saturated rings. The zero-order valence-electron chi connectivity index (χ0n) is 9.67. The summed E-state index contributed by atoms with van der Waals surface area (Å²) < 4.78 is 0. The van der Waals surface area contributed by atoms with Crippen LogP contribution in [0.5, 0.6) is 0 Å².